The minimum atomic E-state index is -0.873. The van der Waals surface area contributed by atoms with Crippen LogP contribution in [0.3, 0.4) is 0 Å². The Morgan fingerprint density at radius 1 is 1.30 bits per heavy atom. The minimum absolute atomic E-state index is 0.0562. The summed E-state index contributed by atoms with van der Waals surface area (Å²) in [5.74, 6) is -0.873. The van der Waals surface area contributed by atoms with Crippen molar-refractivity contribution < 1.29 is 9.90 Å². The number of aliphatic carboxylic acids is 1. The van der Waals surface area contributed by atoms with E-state index in [2.05, 4.69) is 9.97 Å². The van der Waals surface area contributed by atoms with Gasteiger partial charge in [0.2, 0.25) is 0 Å². The summed E-state index contributed by atoms with van der Waals surface area (Å²) < 4.78 is 1.73. The zero-order valence-corrected chi connectivity index (χ0v) is 10.9. The van der Waals surface area contributed by atoms with Crippen molar-refractivity contribution in [3.05, 3.63) is 54.1 Å². The van der Waals surface area contributed by atoms with Crippen LogP contribution in [-0.2, 0) is 11.2 Å². The van der Waals surface area contributed by atoms with Crippen LogP contribution in [0.1, 0.15) is 11.4 Å². The summed E-state index contributed by atoms with van der Waals surface area (Å²) in [6.07, 6.45) is 1.58. The molecule has 0 amide bonds. The minimum Gasteiger partial charge on any atom is -0.481 e. The molecule has 0 spiro atoms. The van der Waals surface area contributed by atoms with Crippen LogP contribution in [0.5, 0.6) is 0 Å². The molecule has 0 aliphatic rings. The molecule has 0 saturated heterocycles. The number of carboxylic acid groups (broad SMARTS) is 1. The first kappa shape index (κ1) is 12.3. The fourth-order valence-corrected chi connectivity index (χ4v) is 2.24. The number of aryl methyl sites for hydroxylation is 1. The van der Waals surface area contributed by atoms with Crippen molar-refractivity contribution in [2.45, 2.75) is 13.3 Å². The number of imidazole rings is 1. The molecule has 0 saturated carbocycles. The fourth-order valence-electron chi connectivity index (χ4n) is 2.24. The lowest BCUT2D eigenvalue weighted by atomic mass is 10.1. The Bertz CT molecular complexity index is 778. The van der Waals surface area contributed by atoms with Crippen LogP contribution >= 0.6 is 0 Å². The quantitative estimate of drug-likeness (QED) is 0.790. The molecular formula is C15H13N3O2. The summed E-state index contributed by atoms with van der Waals surface area (Å²) in [5.41, 5.74) is 3.94. The molecule has 5 nitrogen and oxygen atoms in total. The van der Waals surface area contributed by atoms with Crippen molar-refractivity contribution in [3.63, 3.8) is 0 Å². The Kier molecular flexibility index (Phi) is 2.95. The van der Waals surface area contributed by atoms with Gasteiger partial charge in [0.05, 0.1) is 23.5 Å². The second kappa shape index (κ2) is 4.77. The van der Waals surface area contributed by atoms with Crippen molar-refractivity contribution in [1.29, 1.82) is 0 Å². The van der Waals surface area contributed by atoms with E-state index in [-0.39, 0.29) is 6.42 Å². The molecule has 2 aromatic heterocycles. The molecule has 0 radical (unpaired) electrons. The zero-order chi connectivity index (χ0) is 14.1. The number of carbonyl (C=O) groups is 1. The Morgan fingerprint density at radius 3 is 2.75 bits per heavy atom. The smallest absolute Gasteiger partial charge is 0.309 e. The summed E-state index contributed by atoms with van der Waals surface area (Å²) in [4.78, 5) is 19.7. The molecular weight excluding hydrogens is 254 g/mol. The predicted octanol–water partition coefficient (Wildman–Crippen LogP) is 2.33. The highest BCUT2D eigenvalue weighted by atomic mass is 16.4. The van der Waals surface area contributed by atoms with Gasteiger partial charge in [-0.05, 0) is 6.92 Å². The van der Waals surface area contributed by atoms with Crippen LogP contribution in [0.4, 0.5) is 0 Å². The number of benzene rings is 1. The molecule has 0 bridgehead atoms. The second-order valence-electron chi connectivity index (χ2n) is 4.58. The molecule has 1 N–H and O–H groups in total. The number of fused-ring (bicyclic) bond motifs is 1. The van der Waals surface area contributed by atoms with E-state index in [1.165, 1.54) is 0 Å². The molecule has 0 aliphatic heterocycles. The van der Waals surface area contributed by atoms with E-state index < -0.39 is 5.97 Å². The highest BCUT2D eigenvalue weighted by molar-refractivity contribution is 5.71. The van der Waals surface area contributed by atoms with E-state index in [1.807, 2.05) is 43.3 Å². The molecule has 1 aromatic carbocycles. The highest BCUT2D eigenvalue weighted by Crippen LogP contribution is 2.19. The van der Waals surface area contributed by atoms with Crippen LogP contribution in [-0.4, -0.2) is 25.4 Å². The van der Waals surface area contributed by atoms with Gasteiger partial charge in [-0.2, -0.15) is 0 Å². The number of hydrogen-bond acceptors (Lipinski definition) is 3. The SMILES string of the molecule is Cc1nc2cc(-c3ccccc3)ncn2c1CC(=O)O. The molecule has 3 aromatic rings. The fraction of sp³-hybridized carbons (Fsp3) is 0.133. The Labute approximate surface area is 115 Å². The van der Waals surface area contributed by atoms with E-state index in [0.29, 0.717) is 11.3 Å². The highest BCUT2D eigenvalue weighted by Gasteiger charge is 2.13. The van der Waals surface area contributed by atoms with Crippen LogP contribution in [0.2, 0.25) is 0 Å². The number of carboxylic acids is 1. The summed E-state index contributed by atoms with van der Waals surface area (Å²) in [5, 5.41) is 8.94. The van der Waals surface area contributed by atoms with Crippen molar-refractivity contribution >= 4 is 11.6 Å². The van der Waals surface area contributed by atoms with E-state index >= 15 is 0 Å². The van der Waals surface area contributed by atoms with Crippen molar-refractivity contribution in [2.24, 2.45) is 0 Å². The molecule has 5 heteroatoms. The van der Waals surface area contributed by atoms with E-state index in [4.69, 9.17) is 5.11 Å². The molecule has 2 heterocycles. The third-order valence-electron chi connectivity index (χ3n) is 3.20. The van der Waals surface area contributed by atoms with E-state index in [1.54, 1.807) is 10.7 Å². The molecule has 3 rings (SSSR count). The van der Waals surface area contributed by atoms with Gasteiger partial charge in [0, 0.05) is 11.6 Å². The third kappa shape index (κ3) is 2.14. The van der Waals surface area contributed by atoms with E-state index in [0.717, 1.165) is 17.0 Å². The lowest BCUT2D eigenvalue weighted by molar-refractivity contribution is -0.136. The van der Waals surface area contributed by atoms with Gasteiger partial charge in [-0.15, -0.1) is 0 Å². The maximum absolute atomic E-state index is 10.9. The lowest BCUT2D eigenvalue weighted by Crippen LogP contribution is -2.05. The average molecular weight is 267 g/mol. The monoisotopic (exact) mass is 267 g/mol. The van der Waals surface area contributed by atoms with Gasteiger partial charge in [-0.25, -0.2) is 9.97 Å². The van der Waals surface area contributed by atoms with Crippen LogP contribution in [0.15, 0.2) is 42.7 Å². The van der Waals surface area contributed by atoms with Crippen molar-refractivity contribution in [1.82, 2.24) is 14.4 Å². The first-order valence-corrected chi connectivity index (χ1v) is 6.26. The molecule has 0 fully saturated rings. The lowest BCUT2D eigenvalue weighted by Gasteiger charge is -2.03. The number of rotatable bonds is 3. The van der Waals surface area contributed by atoms with Crippen LogP contribution in [0.25, 0.3) is 16.9 Å². The largest absolute Gasteiger partial charge is 0.481 e. The topological polar surface area (TPSA) is 67.5 Å². The molecule has 0 atom stereocenters. The maximum atomic E-state index is 10.9. The van der Waals surface area contributed by atoms with Crippen LogP contribution in [0, 0.1) is 6.92 Å². The molecule has 0 unspecified atom stereocenters. The summed E-state index contributed by atoms with van der Waals surface area (Å²) in [6, 6.07) is 11.7. The first-order valence-electron chi connectivity index (χ1n) is 6.26. The predicted molar refractivity (Wildman–Crippen MR) is 74.5 cm³/mol. The van der Waals surface area contributed by atoms with Gasteiger partial charge < -0.3 is 5.11 Å². The number of nitrogens with zero attached hydrogens (tertiary/aromatic N) is 3. The molecule has 0 aliphatic carbocycles. The second-order valence-corrected chi connectivity index (χ2v) is 4.58. The zero-order valence-electron chi connectivity index (χ0n) is 10.9. The summed E-state index contributed by atoms with van der Waals surface area (Å²) >= 11 is 0. The van der Waals surface area contributed by atoms with E-state index in [9.17, 15) is 4.79 Å². The maximum Gasteiger partial charge on any atom is 0.309 e. The Hall–Kier alpha value is -2.69. The normalized spacial score (nSPS) is 10.8. The first-order chi connectivity index (χ1) is 9.65. The molecule has 20 heavy (non-hydrogen) atoms. The van der Waals surface area contributed by atoms with Gasteiger partial charge in [0.15, 0.2) is 0 Å². The van der Waals surface area contributed by atoms with Gasteiger partial charge in [-0.3, -0.25) is 9.20 Å². The van der Waals surface area contributed by atoms with Crippen molar-refractivity contribution in [3.8, 4) is 11.3 Å². The van der Waals surface area contributed by atoms with Crippen molar-refractivity contribution in [2.75, 3.05) is 0 Å². The average Bonchev–Trinajstić information content (AvgIpc) is 2.75. The van der Waals surface area contributed by atoms with Gasteiger partial charge in [0.1, 0.15) is 12.0 Å². The van der Waals surface area contributed by atoms with Gasteiger partial charge in [0.25, 0.3) is 0 Å². The third-order valence-corrected chi connectivity index (χ3v) is 3.20. The summed E-state index contributed by atoms with van der Waals surface area (Å²) in [7, 11) is 0. The number of hydrogen-bond donors (Lipinski definition) is 1. The number of aromatic nitrogens is 3. The standard InChI is InChI=1S/C15H13N3O2/c1-10-13(8-15(19)20)18-9-16-12(7-14(18)17-10)11-5-3-2-4-6-11/h2-7,9H,8H2,1H3,(H,19,20). The Morgan fingerprint density at radius 2 is 2.05 bits per heavy atom. The van der Waals surface area contributed by atoms with Gasteiger partial charge in [-0.1, -0.05) is 30.3 Å². The summed E-state index contributed by atoms with van der Waals surface area (Å²) in [6.45, 7) is 1.81. The Balaban J connectivity index is 2.12. The van der Waals surface area contributed by atoms with Gasteiger partial charge >= 0.3 is 5.97 Å². The van der Waals surface area contributed by atoms with Crippen LogP contribution < -0.4 is 0 Å². The molecule has 100 valence electrons.